The van der Waals surface area contributed by atoms with Crippen molar-refractivity contribution < 1.29 is 75.4 Å². The lowest BCUT2D eigenvalue weighted by molar-refractivity contribution is -0.403. The smallest absolute Gasteiger partial charge is 0.518 e. The third-order valence-electron chi connectivity index (χ3n) is 18.1. The van der Waals surface area contributed by atoms with Crippen LogP contribution in [0.3, 0.4) is 0 Å². The number of carbonyl (C=O) groups is 3. The van der Waals surface area contributed by atoms with Gasteiger partial charge >= 0.3 is 39.3 Å². The van der Waals surface area contributed by atoms with Gasteiger partial charge in [0.05, 0.1) is 41.2 Å². The fraction of sp³-hybridized carbons (Fsp3) is 0.944. The molecule has 0 aromatic carbocycles. The molecule has 3 heterocycles. The lowest BCUT2D eigenvalue weighted by atomic mass is 9.43. The average Bonchev–Trinajstić information content (AvgIpc) is 3.77. The van der Waals surface area contributed by atoms with Crippen LogP contribution >= 0.6 is 11.6 Å². The first-order valence-electron chi connectivity index (χ1n) is 28.5. The number of ether oxygens (including phenoxy) is 2. The summed E-state index contributed by atoms with van der Waals surface area (Å²) in [6.45, 7) is 44.7. The van der Waals surface area contributed by atoms with E-state index in [1.54, 1.807) is 0 Å². The molecule has 21 heteroatoms. The first-order chi connectivity index (χ1) is 33.6. The molecule has 9 aliphatic rings. The molecule has 6 saturated carbocycles. The van der Waals surface area contributed by atoms with E-state index in [1.807, 2.05) is 41.5 Å². The molecule has 3 aliphatic heterocycles. The van der Waals surface area contributed by atoms with Gasteiger partial charge in [0, 0.05) is 18.8 Å². The lowest BCUT2D eigenvalue weighted by Gasteiger charge is -2.64. The van der Waals surface area contributed by atoms with Crippen LogP contribution in [-0.2, 0) is 47.1 Å². The summed E-state index contributed by atoms with van der Waals surface area (Å²) in [6, 6.07) is 0. The third-order valence-corrected chi connectivity index (χ3v) is 26.1. The minimum Gasteiger partial charge on any atom is -1.00 e. The standard InChI is InChI=1S/C27H54BNO4Si2.C21H36BClO4.C6H12BNO4.ClH/c1-19(16-24(30)31-25(2,3)4)14-15-23(29(34(8,9)10)35(11,12)13)28-32-22-18-20-17-21(26(20,5)6)27(22,7)33-28;1-13(10-18(24)25-19(2,3)4)8-9-17(23)22-26-16-12-14-11-15(20(14,5)6)21(16,7)27-22;8-5-2-1-4(3-6(9)10)12-7(5)11;/h19-23H,14-18H2,1-13H3;13-17H,8-12H2,1-7H3;4-5,11H,1-3,8H2,(H,9,10);1H/t19?,20-,21-,22+,23-,27-;13?,14-,15-,16+,17+,21-;4?,5-;/m000./s1. The van der Waals surface area contributed by atoms with Crippen molar-refractivity contribution in [1.82, 2.24) is 4.23 Å². The van der Waals surface area contributed by atoms with Crippen molar-refractivity contribution in [3.8, 4) is 0 Å². The Morgan fingerprint density at radius 3 is 1.49 bits per heavy atom. The van der Waals surface area contributed by atoms with E-state index in [1.165, 1.54) is 12.8 Å². The van der Waals surface area contributed by atoms with Gasteiger partial charge in [-0.1, -0.05) is 80.8 Å². The maximum atomic E-state index is 12.5. The second-order valence-corrected chi connectivity index (χ2v) is 40.2. The minimum absolute atomic E-state index is 0. The number of hydrogen-bond donors (Lipinski definition) is 3. The largest absolute Gasteiger partial charge is 1.00 e. The van der Waals surface area contributed by atoms with Crippen molar-refractivity contribution in [2.45, 2.75) is 278 Å². The quantitative estimate of drug-likeness (QED) is 0.0767. The molecular weight excluding hydrogens is 1030 g/mol. The van der Waals surface area contributed by atoms with Crippen molar-refractivity contribution >= 4 is 67.3 Å². The number of hydrogen-bond acceptors (Lipinski definition) is 12. The van der Waals surface area contributed by atoms with Gasteiger partial charge in [0.15, 0.2) is 0 Å². The highest BCUT2D eigenvalue weighted by atomic mass is 35.5. The summed E-state index contributed by atoms with van der Waals surface area (Å²) in [5.74, 6) is 2.09. The van der Waals surface area contributed by atoms with Gasteiger partial charge < -0.3 is 65.2 Å². The molecule has 75 heavy (non-hydrogen) atoms. The Bertz CT molecular complexity index is 1920. The Kier molecular flexibility index (Phi) is 22.1. The van der Waals surface area contributed by atoms with Crippen LogP contribution in [0.15, 0.2) is 0 Å². The van der Waals surface area contributed by atoms with Crippen LogP contribution in [0.4, 0.5) is 0 Å². The Hall–Kier alpha value is -0.701. The number of carboxylic acid groups (broad SMARTS) is 1. The highest BCUT2D eigenvalue weighted by Gasteiger charge is 2.70. The summed E-state index contributed by atoms with van der Waals surface area (Å²) in [7, 11) is -4.74. The van der Waals surface area contributed by atoms with Crippen LogP contribution < -0.4 is 18.1 Å². The Balaban J connectivity index is 0.000000268. The van der Waals surface area contributed by atoms with Crippen LogP contribution in [0.25, 0.3) is 0 Å². The number of carboxylic acids is 1. The van der Waals surface area contributed by atoms with Crippen molar-refractivity contribution in [3.63, 3.8) is 0 Å². The summed E-state index contributed by atoms with van der Waals surface area (Å²) >= 11 is 6.67. The molecule has 4 bridgehead atoms. The molecule has 14 atom stereocenters. The van der Waals surface area contributed by atoms with Gasteiger partial charge in [0.25, 0.3) is 0 Å². The SMILES string of the molecule is CC(CC[C@@H](B1O[C@@H]2C[C@@H]3C[C@@H](C3(C)C)[C@]2(C)O1)N([Si](C)(C)C)[Si](C)(C)C)CC(=O)OC(C)(C)C.CC(CC[C@@H](Cl)B1O[C@@H]2C[C@@H]3C[C@@H](C3(C)C)[C@]2(C)O1)CC(=O)OC(C)(C)C.[Cl-].[NH3+][C@H]1CCC(CC(=O)O)OB1O. The van der Waals surface area contributed by atoms with Crippen LogP contribution in [0.2, 0.25) is 39.3 Å². The maximum Gasteiger partial charge on any atom is 0.518 e. The number of carbonyl (C=O) groups excluding carboxylic acids is 2. The van der Waals surface area contributed by atoms with E-state index in [9.17, 15) is 19.4 Å². The highest BCUT2D eigenvalue weighted by molar-refractivity contribution is 6.90. The van der Waals surface area contributed by atoms with Crippen molar-refractivity contribution in [1.29, 1.82) is 0 Å². The van der Waals surface area contributed by atoms with Crippen molar-refractivity contribution in [2.24, 2.45) is 46.3 Å². The first kappa shape index (κ1) is 66.8. The summed E-state index contributed by atoms with van der Waals surface area (Å²) in [4.78, 5) is 34.7. The van der Waals surface area contributed by atoms with Gasteiger partial charge in [0.1, 0.15) is 33.6 Å². The zero-order valence-electron chi connectivity index (χ0n) is 50.2. The fourth-order valence-corrected chi connectivity index (χ4v) is 25.1. The summed E-state index contributed by atoms with van der Waals surface area (Å²) in [6.07, 6.45) is 10.6. The van der Waals surface area contributed by atoms with Gasteiger partial charge in [-0.2, -0.15) is 0 Å². The number of quaternary nitrogens is 1. The molecule has 3 saturated heterocycles. The van der Waals surface area contributed by atoms with Crippen molar-refractivity contribution in [3.05, 3.63) is 0 Å². The van der Waals surface area contributed by atoms with E-state index < -0.39 is 40.8 Å². The number of aliphatic carboxylic acids is 1. The van der Waals surface area contributed by atoms with Crippen LogP contribution in [0.5, 0.6) is 0 Å². The zero-order chi connectivity index (χ0) is 56.1. The molecule has 0 radical (unpaired) electrons. The molecule has 9 rings (SSSR count). The molecule has 0 aromatic rings. The Labute approximate surface area is 468 Å². The fourth-order valence-electron chi connectivity index (χ4n) is 14.3. The predicted octanol–water partition coefficient (Wildman–Crippen LogP) is 7.03. The van der Waals surface area contributed by atoms with E-state index in [-0.39, 0.29) is 104 Å². The molecule has 0 aromatic heterocycles. The summed E-state index contributed by atoms with van der Waals surface area (Å²) < 4.78 is 45.5. The highest BCUT2D eigenvalue weighted by Crippen LogP contribution is 2.67. The van der Waals surface area contributed by atoms with E-state index >= 15 is 0 Å². The van der Waals surface area contributed by atoms with Gasteiger partial charge in [-0.3, -0.25) is 14.4 Å². The Morgan fingerprint density at radius 1 is 0.693 bits per heavy atom. The van der Waals surface area contributed by atoms with Crippen LogP contribution in [-0.4, -0.2) is 128 Å². The second kappa shape index (κ2) is 24.8. The van der Waals surface area contributed by atoms with Crippen LogP contribution in [0.1, 0.15) is 180 Å². The molecule has 3 unspecified atom stereocenters. The molecule has 14 nitrogen and oxygen atoms in total. The van der Waals surface area contributed by atoms with Gasteiger partial charge in [-0.05, 0) is 166 Å². The van der Waals surface area contributed by atoms with Crippen molar-refractivity contribution in [2.75, 3.05) is 0 Å². The Morgan fingerprint density at radius 2 is 1.11 bits per heavy atom. The molecule has 0 amide bonds. The molecular formula is C54H103B3Cl2N2O12Si2. The third kappa shape index (κ3) is 16.5. The first-order valence-corrected chi connectivity index (χ1v) is 35.8. The molecule has 5 N–H and O–H groups in total. The lowest BCUT2D eigenvalue weighted by Crippen LogP contribution is -3.00. The maximum absolute atomic E-state index is 12.5. The van der Waals surface area contributed by atoms with E-state index in [4.69, 9.17) is 49.5 Å². The summed E-state index contributed by atoms with van der Waals surface area (Å²) in [5, 5.41) is 17.4. The zero-order valence-corrected chi connectivity index (χ0v) is 53.8. The number of nitrogens with zero attached hydrogens (tertiary/aromatic N) is 1. The molecule has 432 valence electrons. The molecule has 6 aliphatic carbocycles. The topological polar surface area (TPSA) is 187 Å². The molecule has 0 spiro atoms. The van der Waals surface area contributed by atoms with Gasteiger partial charge in [-0.15, -0.1) is 11.6 Å². The number of esters is 2. The van der Waals surface area contributed by atoms with Crippen LogP contribution in [0, 0.1) is 46.3 Å². The monoisotopic (exact) mass is 1130 g/mol. The van der Waals surface area contributed by atoms with E-state index in [2.05, 4.69) is 105 Å². The number of alkyl halides is 1. The summed E-state index contributed by atoms with van der Waals surface area (Å²) in [5.41, 5.74) is 3.09. The van der Waals surface area contributed by atoms with Gasteiger partial charge in [0.2, 0.25) is 0 Å². The van der Waals surface area contributed by atoms with E-state index in [0.717, 1.165) is 56.8 Å². The number of halogens is 2. The number of rotatable bonds is 17. The van der Waals surface area contributed by atoms with E-state index in [0.29, 0.717) is 41.9 Å². The molecule has 9 fully saturated rings. The second-order valence-electron chi connectivity index (χ2n) is 29.5. The minimum atomic E-state index is -1.65. The average molecular weight is 1130 g/mol. The predicted molar refractivity (Wildman–Crippen MR) is 301 cm³/mol. The normalized spacial score (nSPS) is 33.0. The van der Waals surface area contributed by atoms with Gasteiger partial charge in [-0.25, -0.2) is 0 Å².